The van der Waals surface area contributed by atoms with Crippen LogP contribution in [-0.4, -0.2) is 37.1 Å². The number of nitrogens with one attached hydrogen (secondary N) is 2. The molecule has 1 aliphatic heterocycles. The SMILES string of the molecule is CN(C(=O)Nc1ccc(F)c(C#N)c1)C1CS(=O)(=O)Cc2[nH]c(=O)c3cc(F)c(F)cc3c21. The van der Waals surface area contributed by atoms with Gasteiger partial charge in [-0.05, 0) is 35.7 Å². The molecule has 1 atom stereocenters. The fraction of sp³-hybridized carbons (Fsp3) is 0.190. The van der Waals surface area contributed by atoms with Crippen LogP contribution in [0.4, 0.5) is 23.7 Å². The maximum Gasteiger partial charge on any atom is 0.322 e. The molecule has 1 unspecified atom stereocenters. The van der Waals surface area contributed by atoms with Crippen molar-refractivity contribution in [1.82, 2.24) is 9.88 Å². The van der Waals surface area contributed by atoms with Crippen LogP contribution in [0.15, 0.2) is 35.1 Å². The molecule has 2 aromatic carbocycles. The highest BCUT2D eigenvalue weighted by molar-refractivity contribution is 7.90. The Bertz CT molecular complexity index is 1530. The molecule has 2 amide bonds. The number of pyridine rings is 1. The number of carbonyl (C=O) groups excluding carboxylic acids is 1. The first kappa shape index (κ1) is 22.3. The second-order valence-corrected chi connectivity index (χ2v) is 9.69. The summed E-state index contributed by atoms with van der Waals surface area (Å²) in [6.45, 7) is 0. The molecule has 0 saturated heterocycles. The highest BCUT2D eigenvalue weighted by atomic mass is 32.2. The van der Waals surface area contributed by atoms with E-state index < -0.39 is 56.4 Å². The number of H-pyrrole nitrogens is 1. The molecule has 8 nitrogen and oxygen atoms in total. The van der Waals surface area contributed by atoms with Crippen LogP contribution in [-0.2, 0) is 15.6 Å². The number of halogens is 3. The maximum absolute atomic E-state index is 14.0. The summed E-state index contributed by atoms with van der Waals surface area (Å²) >= 11 is 0. The van der Waals surface area contributed by atoms with E-state index >= 15 is 0 Å². The van der Waals surface area contributed by atoms with Crippen molar-refractivity contribution in [1.29, 1.82) is 5.26 Å². The zero-order valence-corrected chi connectivity index (χ0v) is 17.8. The maximum atomic E-state index is 14.0. The molecule has 0 saturated carbocycles. The number of sulfone groups is 1. The highest BCUT2D eigenvalue weighted by Gasteiger charge is 2.37. The van der Waals surface area contributed by atoms with Gasteiger partial charge in [0.2, 0.25) is 0 Å². The van der Waals surface area contributed by atoms with Gasteiger partial charge < -0.3 is 15.2 Å². The fourth-order valence-corrected chi connectivity index (χ4v) is 5.49. The Morgan fingerprint density at radius 3 is 2.48 bits per heavy atom. The zero-order chi connectivity index (χ0) is 24.1. The Labute approximate surface area is 185 Å². The minimum Gasteiger partial charge on any atom is -0.324 e. The van der Waals surface area contributed by atoms with Gasteiger partial charge in [-0.3, -0.25) is 4.79 Å². The van der Waals surface area contributed by atoms with Crippen molar-refractivity contribution in [3.8, 4) is 6.07 Å². The summed E-state index contributed by atoms with van der Waals surface area (Å²) in [4.78, 5) is 28.7. The summed E-state index contributed by atoms with van der Waals surface area (Å²) in [5.41, 5.74) is -0.859. The van der Waals surface area contributed by atoms with Gasteiger partial charge in [-0.25, -0.2) is 26.4 Å². The number of hydrogen-bond acceptors (Lipinski definition) is 5. The van der Waals surface area contributed by atoms with E-state index in [4.69, 9.17) is 5.26 Å². The van der Waals surface area contributed by atoms with Crippen LogP contribution in [0.3, 0.4) is 0 Å². The van der Waals surface area contributed by atoms with Gasteiger partial charge in [0.05, 0.1) is 28.5 Å². The molecule has 2 heterocycles. The van der Waals surface area contributed by atoms with Gasteiger partial charge in [-0.1, -0.05) is 0 Å². The molecule has 0 aliphatic carbocycles. The number of carbonyl (C=O) groups is 1. The number of nitrogens with zero attached hydrogens (tertiary/aromatic N) is 2. The minimum atomic E-state index is -3.77. The van der Waals surface area contributed by atoms with E-state index in [1.54, 1.807) is 6.07 Å². The van der Waals surface area contributed by atoms with Crippen molar-refractivity contribution in [3.63, 3.8) is 0 Å². The molecule has 0 bridgehead atoms. The third-order valence-electron chi connectivity index (χ3n) is 5.42. The van der Waals surface area contributed by atoms with E-state index in [1.807, 2.05) is 0 Å². The topological polar surface area (TPSA) is 123 Å². The average Bonchev–Trinajstić information content (AvgIpc) is 2.74. The van der Waals surface area contributed by atoms with Gasteiger partial charge in [0, 0.05) is 24.0 Å². The van der Waals surface area contributed by atoms with Gasteiger partial charge in [-0.15, -0.1) is 0 Å². The normalized spacial score (nSPS) is 16.6. The smallest absolute Gasteiger partial charge is 0.322 e. The van der Waals surface area contributed by atoms with Crippen molar-refractivity contribution in [2.45, 2.75) is 11.8 Å². The molecule has 1 aliphatic rings. The molecule has 0 spiro atoms. The third kappa shape index (κ3) is 4.03. The van der Waals surface area contributed by atoms with Gasteiger partial charge in [0.15, 0.2) is 21.5 Å². The van der Waals surface area contributed by atoms with E-state index in [0.717, 1.165) is 23.1 Å². The Hall–Kier alpha value is -3.85. The second kappa shape index (κ2) is 7.93. The number of nitriles is 1. The number of amides is 2. The van der Waals surface area contributed by atoms with Crippen LogP contribution in [0.25, 0.3) is 10.8 Å². The van der Waals surface area contributed by atoms with Crippen molar-refractivity contribution in [2.24, 2.45) is 0 Å². The Morgan fingerprint density at radius 2 is 1.82 bits per heavy atom. The van der Waals surface area contributed by atoms with E-state index in [-0.39, 0.29) is 33.3 Å². The second-order valence-electron chi connectivity index (χ2n) is 7.58. The molecule has 12 heteroatoms. The van der Waals surface area contributed by atoms with Gasteiger partial charge in [-0.2, -0.15) is 5.26 Å². The van der Waals surface area contributed by atoms with E-state index in [0.29, 0.717) is 6.07 Å². The van der Waals surface area contributed by atoms with Crippen LogP contribution in [0, 0.1) is 28.8 Å². The fourth-order valence-electron chi connectivity index (χ4n) is 3.84. The van der Waals surface area contributed by atoms with Crippen molar-refractivity contribution in [3.05, 3.63) is 75.0 Å². The lowest BCUT2D eigenvalue weighted by Crippen LogP contribution is -2.41. The zero-order valence-electron chi connectivity index (χ0n) is 16.9. The molecule has 33 heavy (non-hydrogen) atoms. The first-order valence-electron chi connectivity index (χ1n) is 9.48. The Balaban J connectivity index is 1.80. The molecule has 170 valence electrons. The summed E-state index contributed by atoms with van der Waals surface area (Å²) in [6, 6.07) is 4.52. The van der Waals surface area contributed by atoms with Crippen molar-refractivity contribution >= 4 is 32.3 Å². The number of benzene rings is 2. The molecular weight excluding hydrogens is 461 g/mol. The molecule has 4 rings (SSSR count). The van der Waals surface area contributed by atoms with Crippen LogP contribution in [0.1, 0.15) is 22.9 Å². The van der Waals surface area contributed by atoms with E-state index in [2.05, 4.69) is 10.3 Å². The van der Waals surface area contributed by atoms with Crippen LogP contribution < -0.4 is 10.9 Å². The molecule has 1 aromatic heterocycles. The van der Waals surface area contributed by atoms with Gasteiger partial charge >= 0.3 is 6.03 Å². The monoisotopic (exact) mass is 476 g/mol. The molecule has 2 N–H and O–H groups in total. The largest absolute Gasteiger partial charge is 0.324 e. The Kier molecular flexibility index (Phi) is 5.37. The summed E-state index contributed by atoms with van der Waals surface area (Å²) < 4.78 is 66.3. The van der Waals surface area contributed by atoms with E-state index in [9.17, 15) is 31.2 Å². The predicted octanol–water partition coefficient (Wildman–Crippen LogP) is 2.95. The summed E-state index contributed by atoms with van der Waals surface area (Å²) in [5, 5.41) is 11.2. The molecule has 0 fully saturated rings. The lowest BCUT2D eigenvalue weighted by Gasteiger charge is -2.33. The van der Waals surface area contributed by atoms with Gasteiger partial charge in [0.25, 0.3) is 5.56 Å². The average molecular weight is 476 g/mol. The number of hydrogen-bond donors (Lipinski definition) is 2. The number of aromatic nitrogens is 1. The van der Waals surface area contributed by atoms with Crippen molar-refractivity contribution < 1.29 is 26.4 Å². The molecule has 0 radical (unpaired) electrons. The van der Waals surface area contributed by atoms with Crippen LogP contribution >= 0.6 is 0 Å². The summed E-state index contributed by atoms with van der Waals surface area (Å²) in [5.74, 6) is -4.33. The number of aromatic amines is 1. The molecule has 3 aromatic rings. The van der Waals surface area contributed by atoms with E-state index in [1.165, 1.54) is 13.1 Å². The van der Waals surface area contributed by atoms with Crippen LogP contribution in [0.5, 0.6) is 0 Å². The first-order chi connectivity index (χ1) is 15.5. The van der Waals surface area contributed by atoms with Crippen LogP contribution in [0.2, 0.25) is 0 Å². The number of rotatable bonds is 2. The lowest BCUT2D eigenvalue weighted by molar-refractivity contribution is 0.208. The third-order valence-corrected chi connectivity index (χ3v) is 6.97. The number of fused-ring (bicyclic) bond motifs is 3. The van der Waals surface area contributed by atoms with Crippen molar-refractivity contribution in [2.75, 3.05) is 18.1 Å². The summed E-state index contributed by atoms with van der Waals surface area (Å²) in [7, 11) is -2.48. The highest BCUT2D eigenvalue weighted by Crippen LogP contribution is 2.36. The first-order valence-corrected chi connectivity index (χ1v) is 11.3. The number of urea groups is 1. The molecular formula is C21H15F3N4O4S. The minimum absolute atomic E-state index is 0.0132. The number of anilines is 1. The lowest BCUT2D eigenvalue weighted by atomic mass is 9.97. The standard InChI is InChI=1S/C21H15F3N4O4S/c1-28(21(30)26-11-2-3-14(22)10(4-11)7-25)18-9-33(31,32)8-17-19(18)12-5-15(23)16(24)6-13(12)20(29)27-17/h2-6,18H,8-9H2,1H3,(H,26,30)(H,27,29). The Morgan fingerprint density at radius 1 is 1.15 bits per heavy atom. The van der Waals surface area contributed by atoms with Gasteiger partial charge in [0.1, 0.15) is 11.9 Å². The summed E-state index contributed by atoms with van der Waals surface area (Å²) in [6.07, 6.45) is 0. The quantitative estimate of drug-likeness (QED) is 0.589. The predicted molar refractivity (Wildman–Crippen MR) is 113 cm³/mol.